The van der Waals surface area contributed by atoms with E-state index in [9.17, 15) is 4.79 Å². The largest absolute Gasteiger partial charge is 0.368 e. The van der Waals surface area contributed by atoms with Gasteiger partial charge in [-0.15, -0.1) is 11.3 Å². The van der Waals surface area contributed by atoms with Gasteiger partial charge in [0.05, 0.1) is 11.9 Å². The van der Waals surface area contributed by atoms with E-state index >= 15 is 0 Å². The highest BCUT2D eigenvalue weighted by molar-refractivity contribution is 7.16. The van der Waals surface area contributed by atoms with Crippen LogP contribution in [-0.2, 0) is 4.79 Å². The van der Waals surface area contributed by atoms with Gasteiger partial charge in [-0.3, -0.25) is 4.79 Å². The van der Waals surface area contributed by atoms with Crippen LogP contribution in [-0.4, -0.2) is 36.0 Å². The molecule has 0 unspecified atom stereocenters. The minimum atomic E-state index is -0.362. The van der Waals surface area contributed by atoms with Crippen molar-refractivity contribution in [3.8, 4) is 0 Å². The van der Waals surface area contributed by atoms with Crippen LogP contribution < -0.4 is 16.0 Å². The predicted octanol–water partition coefficient (Wildman–Crippen LogP) is 1.68. The standard InChI is InChI=1S/C13H19N5OS/c1-8(2)6-18(7-10(14)19)11-9-4-5-20-12(9)17-13(15-3)16-11/h4-5,8H,6-7H2,1-3H3,(H2,14,19)(H,15,16,17). The van der Waals surface area contributed by atoms with Gasteiger partial charge in [0.25, 0.3) is 0 Å². The topological polar surface area (TPSA) is 84.1 Å². The molecular formula is C13H19N5OS. The monoisotopic (exact) mass is 293 g/mol. The lowest BCUT2D eigenvalue weighted by atomic mass is 10.2. The van der Waals surface area contributed by atoms with Crippen molar-refractivity contribution in [2.24, 2.45) is 11.7 Å². The Morgan fingerprint density at radius 1 is 1.50 bits per heavy atom. The number of hydrogen-bond acceptors (Lipinski definition) is 6. The molecule has 2 rings (SSSR count). The number of rotatable bonds is 6. The molecule has 3 N–H and O–H groups in total. The summed E-state index contributed by atoms with van der Waals surface area (Å²) in [6, 6.07) is 1.98. The first-order chi connectivity index (χ1) is 9.51. The van der Waals surface area contributed by atoms with Crippen molar-refractivity contribution in [2.45, 2.75) is 13.8 Å². The lowest BCUT2D eigenvalue weighted by molar-refractivity contribution is -0.116. The molecule has 2 aromatic heterocycles. The molecule has 0 radical (unpaired) electrons. The van der Waals surface area contributed by atoms with Gasteiger partial charge in [-0.1, -0.05) is 13.8 Å². The fraction of sp³-hybridized carbons (Fsp3) is 0.462. The number of amides is 1. The van der Waals surface area contributed by atoms with Crippen LogP contribution >= 0.6 is 11.3 Å². The van der Waals surface area contributed by atoms with Gasteiger partial charge in [-0.25, -0.2) is 4.98 Å². The average Bonchev–Trinajstić information content (AvgIpc) is 2.83. The number of thiophene rings is 1. The zero-order chi connectivity index (χ0) is 14.7. The van der Waals surface area contributed by atoms with Gasteiger partial charge in [-0.05, 0) is 17.4 Å². The summed E-state index contributed by atoms with van der Waals surface area (Å²) in [4.78, 5) is 23.0. The average molecular weight is 293 g/mol. The van der Waals surface area contributed by atoms with E-state index in [1.165, 1.54) is 0 Å². The summed E-state index contributed by atoms with van der Waals surface area (Å²) in [6.45, 7) is 5.06. The van der Waals surface area contributed by atoms with Crippen LogP contribution in [0.3, 0.4) is 0 Å². The summed E-state index contributed by atoms with van der Waals surface area (Å²) in [5, 5.41) is 5.88. The summed E-state index contributed by atoms with van der Waals surface area (Å²) in [5.74, 6) is 1.34. The normalized spacial score (nSPS) is 11.0. The molecule has 0 aliphatic heterocycles. The molecule has 0 fully saturated rings. The molecule has 20 heavy (non-hydrogen) atoms. The molecule has 7 heteroatoms. The van der Waals surface area contributed by atoms with Gasteiger partial charge >= 0.3 is 0 Å². The van der Waals surface area contributed by atoms with Crippen molar-refractivity contribution < 1.29 is 4.79 Å². The number of fused-ring (bicyclic) bond motifs is 1. The molecule has 1 amide bonds. The Hall–Kier alpha value is -1.89. The number of nitrogens with two attached hydrogens (primary N) is 1. The fourth-order valence-electron chi connectivity index (χ4n) is 2.05. The molecule has 0 spiro atoms. The second-order valence-electron chi connectivity index (χ2n) is 5.00. The van der Waals surface area contributed by atoms with Crippen molar-refractivity contribution in [1.82, 2.24) is 9.97 Å². The molecule has 0 aliphatic rings. The Kier molecular flexibility index (Phi) is 4.39. The van der Waals surface area contributed by atoms with E-state index < -0.39 is 0 Å². The third-order valence-corrected chi connectivity index (χ3v) is 3.57. The number of primary amides is 1. The van der Waals surface area contributed by atoms with E-state index in [0.29, 0.717) is 18.4 Å². The highest BCUT2D eigenvalue weighted by atomic mass is 32.1. The van der Waals surface area contributed by atoms with Gasteiger partial charge in [0.15, 0.2) is 0 Å². The van der Waals surface area contributed by atoms with Crippen LogP contribution in [0.2, 0.25) is 0 Å². The van der Waals surface area contributed by atoms with E-state index in [1.807, 2.05) is 16.3 Å². The highest BCUT2D eigenvalue weighted by Crippen LogP contribution is 2.29. The minimum Gasteiger partial charge on any atom is -0.368 e. The number of carbonyl (C=O) groups is 1. The van der Waals surface area contributed by atoms with E-state index in [-0.39, 0.29) is 12.5 Å². The van der Waals surface area contributed by atoms with Crippen molar-refractivity contribution in [1.29, 1.82) is 0 Å². The number of hydrogen-bond donors (Lipinski definition) is 2. The first-order valence-electron chi connectivity index (χ1n) is 6.47. The van der Waals surface area contributed by atoms with Crippen LogP contribution in [0.25, 0.3) is 10.2 Å². The van der Waals surface area contributed by atoms with Gasteiger partial charge in [0.1, 0.15) is 10.6 Å². The highest BCUT2D eigenvalue weighted by Gasteiger charge is 2.18. The molecule has 0 bridgehead atoms. The molecular weight excluding hydrogens is 274 g/mol. The van der Waals surface area contributed by atoms with E-state index in [1.54, 1.807) is 18.4 Å². The molecule has 108 valence electrons. The van der Waals surface area contributed by atoms with Crippen LogP contribution in [0.15, 0.2) is 11.4 Å². The van der Waals surface area contributed by atoms with Gasteiger partial charge in [-0.2, -0.15) is 4.98 Å². The maximum Gasteiger partial charge on any atom is 0.236 e. The Morgan fingerprint density at radius 2 is 2.25 bits per heavy atom. The maximum atomic E-state index is 11.3. The van der Waals surface area contributed by atoms with Crippen molar-refractivity contribution in [2.75, 3.05) is 30.4 Å². The second-order valence-corrected chi connectivity index (χ2v) is 5.90. The zero-order valence-corrected chi connectivity index (χ0v) is 12.7. The molecule has 2 heterocycles. The lowest BCUT2D eigenvalue weighted by Gasteiger charge is -2.25. The summed E-state index contributed by atoms with van der Waals surface area (Å²) in [7, 11) is 1.78. The Labute approximate surface area is 122 Å². The number of nitrogens with one attached hydrogen (secondary N) is 1. The number of nitrogens with zero attached hydrogens (tertiary/aromatic N) is 3. The second kappa shape index (κ2) is 6.04. The quantitative estimate of drug-likeness (QED) is 0.846. The Morgan fingerprint density at radius 3 is 2.85 bits per heavy atom. The first-order valence-corrected chi connectivity index (χ1v) is 7.35. The summed E-state index contributed by atoms with van der Waals surface area (Å²) >= 11 is 1.55. The van der Waals surface area contributed by atoms with Crippen molar-refractivity contribution in [3.05, 3.63) is 11.4 Å². The minimum absolute atomic E-state index is 0.156. The third-order valence-electron chi connectivity index (χ3n) is 2.76. The Bertz CT molecular complexity index is 610. The van der Waals surface area contributed by atoms with Gasteiger partial charge in [0.2, 0.25) is 11.9 Å². The smallest absolute Gasteiger partial charge is 0.236 e. The fourth-order valence-corrected chi connectivity index (χ4v) is 2.81. The molecule has 0 aliphatic carbocycles. The first kappa shape index (κ1) is 14.5. The van der Waals surface area contributed by atoms with Gasteiger partial charge < -0.3 is 16.0 Å². The van der Waals surface area contributed by atoms with E-state index in [4.69, 9.17) is 5.73 Å². The molecule has 0 saturated heterocycles. The third kappa shape index (κ3) is 3.16. The van der Waals surface area contributed by atoms with Crippen LogP contribution in [0, 0.1) is 5.92 Å². The molecule has 0 atom stereocenters. The number of aromatic nitrogens is 2. The van der Waals surface area contributed by atoms with E-state index in [2.05, 4.69) is 29.1 Å². The molecule has 6 nitrogen and oxygen atoms in total. The Balaban J connectivity index is 2.49. The molecule has 0 aromatic carbocycles. The van der Waals surface area contributed by atoms with Crippen LogP contribution in [0.1, 0.15) is 13.8 Å². The van der Waals surface area contributed by atoms with Gasteiger partial charge in [0, 0.05) is 13.6 Å². The van der Waals surface area contributed by atoms with Crippen molar-refractivity contribution in [3.63, 3.8) is 0 Å². The SMILES string of the molecule is CNc1nc(N(CC(N)=O)CC(C)C)c2ccsc2n1. The number of carbonyl (C=O) groups excluding carboxylic acids is 1. The van der Waals surface area contributed by atoms with Crippen molar-refractivity contribution >= 4 is 39.2 Å². The lowest BCUT2D eigenvalue weighted by Crippen LogP contribution is -2.37. The van der Waals surface area contributed by atoms with Crippen LogP contribution in [0.5, 0.6) is 0 Å². The summed E-state index contributed by atoms with van der Waals surface area (Å²) in [5.41, 5.74) is 5.36. The maximum absolute atomic E-state index is 11.3. The summed E-state index contributed by atoms with van der Waals surface area (Å²) < 4.78 is 0. The molecule has 2 aromatic rings. The zero-order valence-electron chi connectivity index (χ0n) is 11.9. The van der Waals surface area contributed by atoms with E-state index in [0.717, 1.165) is 16.0 Å². The molecule has 0 saturated carbocycles. The summed E-state index contributed by atoms with van der Waals surface area (Å²) in [6.07, 6.45) is 0. The predicted molar refractivity (Wildman–Crippen MR) is 83.2 cm³/mol. The van der Waals surface area contributed by atoms with Crippen LogP contribution in [0.4, 0.5) is 11.8 Å². The number of anilines is 2.